The van der Waals surface area contributed by atoms with Gasteiger partial charge in [-0.1, -0.05) is 18.2 Å². The molecule has 0 bridgehead atoms. The van der Waals surface area contributed by atoms with Crippen molar-refractivity contribution in [2.45, 2.75) is 4.90 Å². The molecule has 0 heterocycles. The average Bonchev–Trinajstić information content (AvgIpc) is 1.90. The summed E-state index contributed by atoms with van der Waals surface area (Å²) in [5, 5.41) is 0. The van der Waals surface area contributed by atoms with Gasteiger partial charge in [-0.15, -0.1) is 0 Å². The Bertz CT molecular complexity index is 245. The van der Waals surface area contributed by atoms with E-state index in [1.54, 1.807) is 30.3 Å². The third-order valence-electron chi connectivity index (χ3n) is 0.967. The number of rotatable bonds is 1. The van der Waals surface area contributed by atoms with Crippen LogP contribution in [0.5, 0.6) is 0 Å². The number of thiol groups is 1. The molecule has 0 spiro atoms. The summed E-state index contributed by atoms with van der Waals surface area (Å²) in [4.78, 5) is 0.368. The maximum absolute atomic E-state index is 10.2. The second kappa shape index (κ2) is 4.03. The van der Waals surface area contributed by atoms with Crippen molar-refractivity contribution in [2.24, 2.45) is 0 Å². The summed E-state index contributed by atoms with van der Waals surface area (Å²) in [6, 6.07) is 8.29. The second-order valence-electron chi connectivity index (χ2n) is 1.59. The minimum atomic E-state index is -2.40. The SMILES string of the molecule is O.O=[SH](=O)c1ccccc1. The smallest absolute Gasteiger partial charge is 0.168 e. The van der Waals surface area contributed by atoms with Crippen LogP contribution < -0.4 is 0 Å². The quantitative estimate of drug-likeness (QED) is 0.580. The van der Waals surface area contributed by atoms with Gasteiger partial charge in [0, 0.05) is 0 Å². The Morgan fingerprint density at radius 2 is 1.50 bits per heavy atom. The van der Waals surface area contributed by atoms with Crippen molar-refractivity contribution >= 4 is 10.7 Å². The molecule has 0 aliphatic rings. The highest BCUT2D eigenvalue weighted by molar-refractivity contribution is 7.72. The van der Waals surface area contributed by atoms with E-state index in [1.807, 2.05) is 0 Å². The van der Waals surface area contributed by atoms with Crippen LogP contribution in [0.15, 0.2) is 35.2 Å². The van der Waals surface area contributed by atoms with Crippen LogP contribution in [-0.2, 0) is 10.7 Å². The highest BCUT2D eigenvalue weighted by Crippen LogP contribution is 1.97. The van der Waals surface area contributed by atoms with E-state index in [-0.39, 0.29) is 5.48 Å². The lowest BCUT2D eigenvalue weighted by molar-refractivity contribution is 0.614. The third-order valence-corrected chi connectivity index (χ3v) is 1.69. The van der Waals surface area contributed by atoms with Crippen LogP contribution in [0.25, 0.3) is 0 Å². The molecule has 0 fully saturated rings. The molecule has 1 aromatic carbocycles. The Labute approximate surface area is 60.6 Å². The predicted molar refractivity (Wildman–Crippen MR) is 38.6 cm³/mol. The van der Waals surface area contributed by atoms with Gasteiger partial charge >= 0.3 is 0 Å². The van der Waals surface area contributed by atoms with E-state index >= 15 is 0 Å². The monoisotopic (exact) mass is 160 g/mol. The Kier molecular flexibility index (Phi) is 3.68. The fourth-order valence-electron chi connectivity index (χ4n) is 0.550. The first-order valence-electron chi connectivity index (χ1n) is 2.50. The molecule has 10 heavy (non-hydrogen) atoms. The van der Waals surface area contributed by atoms with Crippen LogP contribution >= 0.6 is 0 Å². The van der Waals surface area contributed by atoms with Crippen molar-refractivity contribution < 1.29 is 13.9 Å². The van der Waals surface area contributed by atoms with Gasteiger partial charge in [0.2, 0.25) is 0 Å². The van der Waals surface area contributed by atoms with Gasteiger partial charge in [0.05, 0.1) is 4.90 Å². The molecule has 56 valence electrons. The first kappa shape index (κ1) is 9.13. The van der Waals surface area contributed by atoms with Crippen LogP contribution in [0.2, 0.25) is 0 Å². The van der Waals surface area contributed by atoms with Gasteiger partial charge in [0.25, 0.3) is 0 Å². The highest BCUT2D eigenvalue weighted by Gasteiger charge is 1.87. The number of benzene rings is 1. The van der Waals surface area contributed by atoms with Gasteiger partial charge in [0.1, 0.15) is 0 Å². The van der Waals surface area contributed by atoms with E-state index in [1.165, 1.54) is 0 Å². The summed E-state index contributed by atoms with van der Waals surface area (Å²) < 4.78 is 20.5. The average molecular weight is 160 g/mol. The summed E-state index contributed by atoms with van der Waals surface area (Å²) in [5.41, 5.74) is 0. The summed E-state index contributed by atoms with van der Waals surface area (Å²) >= 11 is 0. The van der Waals surface area contributed by atoms with Crippen molar-refractivity contribution in [3.05, 3.63) is 30.3 Å². The maximum atomic E-state index is 10.2. The molecule has 0 aliphatic heterocycles. The van der Waals surface area contributed by atoms with Crippen molar-refractivity contribution in [3.8, 4) is 0 Å². The number of hydrogen-bond donors (Lipinski definition) is 1. The molecule has 0 saturated carbocycles. The summed E-state index contributed by atoms with van der Waals surface area (Å²) in [7, 11) is -2.40. The first-order chi connectivity index (χ1) is 4.30. The van der Waals surface area contributed by atoms with Crippen molar-refractivity contribution in [1.29, 1.82) is 0 Å². The van der Waals surface area contributed by atoms with Gasteiger partial charge in [-0.25, -0.2) is 8.42 Å². The lowest BCUT2D eigenvalue weighted by atomic mass is 10.4. The summed E-state index contributed by atoms with van der Waals surface area (Å²) in [6.45, 7) is 0. The molecular formula is C6H8O3S. The Morgan fingerprint density at radius 3 is 1.80 bits per heavy atom. The largest absolute Gasteiger partial charge is 0.412 e. The van der Waals surface area contributed by atoms with Crippen LogP contribution in [0.3, 0.4) is 0 Å². The van der Waals surface area contributed by atoms with Gasteiger partial charge in [0.15, 0.2) is 10.7 Å². The molecule has 3 nitrogen and oxygen atoms in total. The normalized spacial score (nSPS) is 8.90. The molecule has 0 aromatic heterocycles. The van der Waals surface area contributed by atoms with Gasteiger partial charge < -0.3 is 5.48 Å². The fraction of sp³-hybridized carbons (Fsp3) is 0. The van der Waals surface area contributed by atoms with E-state index in [0.717, 1.165) is 0 Å². The topological polar surface area (TPSA) is 65.6 Å². The van der Waals surface area contributed by atoms with Gasteiger partial charge in [-0.05, 0) is 12.1 Å². The van der Waals surface area contributed by atoms with Gasteiger partial charge in [-0.2, -0.15) is 0 Å². The molecule has 1 rings (SSSR count). The molecule has 0 saturated heterocycles. The van der Waals surface area contributed by atoms with E-state index in [2.05, 4.69) is 0 Å². The molecular weight excluding hydrogens is 152 g/mol. The lowest BCUT2D eigenvalue weighted by Crippen LogP contribution is -1.75. The van der Waals surface area contributed by atoms with E-state index in [0.29, 0.717) is 4.90 Å². The molecule has 1 aromatic rings. The minimum Gasteiger partial charge on any atom is -0.412 e. The van der Waals surface area contributed by atoms with Crippen LogP contribution in [0, 0.1) is 0 Å². The van der Waals surface area contributed by atoms with Crippen LogP contribution in [0.1, 0.15) is 0 Å². The van der Waals surface area contributed by atoms with E-state index in [4.69, 9.17) is 0 Å². The van der Waals surface area contributed by atoms with E-state index < -0.39 is 10.7 Å². The Hall–Kier alpha value is -0.870. The van der Waals surface area contributed by atoms with Gasteiger partial charge in [-0.3, -0.25) is 0 Å². The molecule has 4 heteroatoms. The molecule has 0 amide bonds. The standard InChI is InChI=1S/C6H6O2S.H2O/c7-9(8)6-4-2-1-3-5-6;/h1-5,9H;1H2. The molecule has 0 aliphatic carbocycles. The third kappa shape index (κ3) is 2.16. The molecule has 2 N–H and O–H groups in total. The summed E-state index contributed by atoms with van der Waals surface area (Å²) in [6.07, 6.45) is 0. The van der Waals surface area contributed by atoms with Crippen molar-refractivity contribution in [3.63, 3.8) is 0 Å². The molecule has 0 radical (unpaired) electrons. The van der Waals surface area contributed by atoms with Crippen molar-refractivity contribution in [1.82, 2.24) is 0 Å². The van der Waals surface area contributed by atoms with Crippen LogP contribution in [-0.4, -0.2) is 13.9 Å². The lowest BCUT2D eigenvalue weighted by Gasteiger charge is -1.83. The highest BCUT2D eigenvalue weighted by atomic mass is 32.2. The zero-order valence-corrected chi connectivity index (χ0v) is 6.04. The number of hydrogen-bond acceptors (Lipinski definition) is 2. The maximum Gasteiger partial charge on any atom is 0.168 e. The Morgan fingerprint density at radius 1 is 1.00 bits per heavy atom. The molecule has 0 atom stereocenters. The first-order valence-corrected chi connectivity index (χ1v) is 3.68. The summed E-state index contributed by atoms with van der Waals surface area (Å²) in [5.74, 6) is 0. The second-order valence-corrected chi connectivity index (χ2v) is 2.62. The molecule has 0 unspecified atom stereocenters. The minimum absolute atomic E-state index is 0. The van der Waals surface area contributed by atoms with Crippen LogP contribution in [0.4, 0.5) is 0 Å². The fourth-order valence-corrected chi connectivity index (χ4v) is 0.965. The zero-order valence-electron chi connectivity index (χ0n) is 5.15. The predicted octanol–water partition coefficient (Wildman–Crippen LogP) is -0.168. The Balaban J connectivity index is 0.000000810. The van der Waals surface area contributed by atoms with E-state index in [9.17, 15) is 8.42 Å². The van der Waals surface area contributed by atoms with Crippen molar-refractivity contribution in [2.75, 3.05) is 0 Å². The zero-order chi connectivity index (χ0) is 6.69.